The Balaban J connectivity index is 2.42. The summed E-state index contributed by atoms with van der Waals surface area (Å²) in [4.78, 5) is 33.6. The summed E-state index contributed by atoms with van der Waals surface area (Å²) < 4.78 is 4.76. The van der Waals surface area contributed by atoms with Crippen LogP contribution in [-0.4, -0.2) is 24.4 Å². The highest BCUT2D eigenvalue weighted by atomic mass is 16.5. The van der Waals surface area contributed by atoms with E-state index in [0.717, 1.165) is 6.42 Å². The number of hydrogen-bond acceptors (Lipinski definition) is 4. The first kappa shape index (κ1) is 16.4. The lowest BCUT2D eigenvalue weighted by Gasteiger charge is -2.07. The lowest BCUT2D eigenvalue weighted by molar-refractivity contribution is -0.142. The Hall–Kier alpha value is -2.63. The summed E-state index contributed by atoms with van der Waals surface area (Å²) in [7, 11) is 0. The van der Waals surface area contributed by atoms with E-state index in [0.29, 0.717) is 11.4 Å². The number of ether oxygens (including phenoxy) is 1. The second-order valence-electron chi connectivity index (χ2n) is 4.23. The molecule has 0 atom stereocenters. The first-order valence-corrected chi connectivity index (χ1v) is 6.52. The smallest absolute Gasteiger partial charge is 0.330 e. The predicted molar refractivity (Wildman–Crippen MR) is 79.8 cm³/mol. The van der Waals surface area contributed by atoms with Crippen molar-refractivity contribution in [2.45, 2.75) is 20.3 Å². The van der Waals surface area contributed by atoms with Gasteiger partial charge in [0.05, 0.1) is 0 Å². The molecule has 0 saturated heterocycles. The van der Waals surface area contributed by atoms with Gasteiger partial charge in [0.2, 0.25) is 5.91 Å². The number of allylic oxidation sites excluding steroid dienone is 1. The van der Waals surface area contributed by atoms with Crippen molar-refractivity contribution in [1.29, 1.82) is 0 Å². The fourth-order valence-corrected chi connectivity index (χ4v) is 1.44. The summed E-state index contributed by atoms with van der Waals surface area (Å²) in [5.41, 5.74) is 1.19. The molecule has 1 aromatic carbocycles. The third-order valence-corrected chi connectivity index (χ3v) is 2.32. The van der Waals surface area contributed by atoms with Gasteiger partial charge in [-0.25, -0.2) is 4.79 Å². The molecule has 21 heavy (non-hydrogen) atoms. The normalized spacial score (nSPS) is 10.2. The molecular weight excluding hydrogens is 272 g/mol. The third kappa shape index (κ3) is 6.91. The molecule has 0 unspecified atom stereocenters. The van der Waals surface area contributed by atoms with Crippen molar-refractivity contribution < 1.29 is 19.1 Å². The zero-order valence-electron chi connectivity index (χ0n) is 12.0. The molecule has 1 aromatic rings. The molecule has 0 aliphatic heterocycles. The van der Waals surface area contributed by atoms with Gasteiger partial charge in [-0.15, -0.1) is 0 Å². The Labute approximate surface area is 123 Å². The van der Waals surface area contributed by atoms with Crippen LogP contribution in [0.2, 0.25) is 0 Å². The minimum Gasteiger partial charge on any atom is -0.452 e. The number of anilines is 2. The van der Waals surface area contributed by atoms with E-state index in [4.69, 9.17) is 4.74 Å². The van der Waals surface area contributed by atoms with Crippen LogP contribution in [-0.2, 0) is 19.1 Å². The van der Waals surface area contributed by atoms with Crippen molar-refractivity contribution >= 4 is 29.2 Å². The van der Waals surface area contributed by atoms with Gasteiger partial charge in [-0.1, -0.05) is 13.0 Å². The average molecular weight is 290 g/mol. The Morgan fingerprint density at radius 2 is 1.67 bits per heavy atom. The fraction of sp³-hybridized carbons (Fsp3) is 0.267. The van der Waals surface area contributed by atoms with Crippen LogP contribution in [0.4, 0.5) is 11.4 Å². The van der Waals surface area contributed by atoms with Crippen molar-refractivity contribution in [3.05, 3.63) is 36.4 Å². The van der Waals surface area contributed by atoms with Gasteiger partial charge in [0, 0.05) is 24.4 Å². The van der Waals surface area contributed by atoms with Gasteiger partial charge < -0.3 is 15.4 Å². The molecule has 112 valence electrons. The highest BCUT2D eigenvalue weighted by Crippen LogP contribution is 2.13. The van der Waals surface area contributed by atoms with Gasteiger partial charge >= 0.3 is 5.97 Å². The average Bonchev–Trinajstić information content (AvgIpc) is 2.44. The van der Waals surface area contributed by atoms with E-state index < -0.39 is 11.9 Å². The van der Waals surface area contributed by atoms with Crippen LogP contribution in [0.1, 0.15) is 20.3 Å². The van der Waals surface area contributed by atoms with Gasteiger partial charge in [-0.3, -0.25) is 9.59 Å². The number of rotatable bonds is 6. The molecule has 0 fully saturated rings. The van der Waals surface area contributed by atoms with Crippen molar-refractivity contribution in [3.63, 3.8) is 0 Å². The Bertz CT molecular complexity index is 535. The monoisotopic (exact) mass is 290 g/mol. The van der Waals surface area contributed by atoms with E-state index >= 15 is 0 Å². The molecule has 0 aliphatic carbocycles. The molecule has 2 amide bonds. The van der Waals surface area contributed by atoms with Crippen molar-refractivity contribution in [1.82, 2.24) is 0 Å². The Morgan fingerprint density at radius 1 is 1.10 bits per heavy atom. The van der Waals surface area contributed by atoms with Crippen LogP contribution in [0.25, 0.3) is 0 Å². The van der Waals surface area contributed by atoms with E-state index in [9.17, 15) is 14.4 Å². The van der Waals surface area contributed by atoms with Crippen molar-refractivity contribution in [3.8, 4) is 0 Å². The predicted octanol–water partition coefficient (Wildman–Crippen LogP) is 2.09. The fourth-order valence-electron chi connectivity index (χ4n) is 1.44. The number of esters is 1. The molecule has 0 bridgehead atoms. The van der Waals surface area contributed by atoms with Gasteiger partial charge in [0.1, 0.15) is 0 Å². The maximum absolute atomic E-state index is 11.6. The summed E-state index contributed by atoms with van der Waals surface area (Å²) in [6, 6.07) is 6.60. The molecule has 1 rings (SSSR count). The summed E-state index contributed by atoms with van der Waals surface area (Å²) in [5, 5.41) is 5.20. The molecule has 2 N–H and O–H groups in total. The number of amides is 2. The molecule has 0 aliphatic rings. The van der Waals surface area contributed by atoms with Gasteiger partial charge in [0.25, 0.3) is 5.91 Å². The quantitative estimate of drug-likeness (QED) is 0.620. The zero-order valence-corrected chi connectivity index (χ0v) is 12.0. The van der Waals surface area contributed by atoms with E-state index in [2.05, 4.69) is 10.6 Å². The largest absolute Gasteiger partial charge is 0.452 e. The lowest BCUT2D eigenvalue weighted by Crippen LogP contribution is -2.20. The minimum absolute atomic E-state index is 0.168. The van der Waals surface area contributed by atoms with Crippen LogP contribution in [0.5, 0.6) is 0 Å². The third-order valence-electron chi connectivity index (χ3n) is 2.32. The first-order valence-electron chi connectivity index (χ1n) is 6.52. The molecule has 0 radical (unpaired) electrons. The molecule has 0 aromatic heterocycles. The topological polar surface area (TPSA) is 84.5 Å². The maximum atomic E-state index is 11.6. The van der Waals surface area contributed by atoms with Crippen molar-refractivity contribution in [2.24, 2.45) is 0 Å². The zero-order chi connectivity index (χ0) is 15.7. The van der Waals surface area contributed by atoms with E-state index in [1.165, 1.54) is 13.0 Å². The van der Waals surface area contributed by atoms with Crippen LogP contribution in [0.3, 0.4) is 0 Å². The SMILES string of the molecule is CC/C=C/C(=O)OCC(=O)Nc1ccc(NC(C)=O)cc1. The van der Waals surface area contributed by atoms with Gasteiger partial charge in [0.15, 0.2) is 6.61 Å². The molecule has 0 heterocycles. The first-order chi connectivity index (χ1) is 10.0. The molecule has 6 heteroatoms. The summed E-state index contributed by atoms with van der Waals surface area (Å²) in [6.45, 7) is 2.96. The molecule has 0 saturated carbocycles. The van der Waals surface area contributed by atoms with Crippen LogP contribution < -0.4 is 10.6 Å². The van der Waals surface area contributed by atoms with E-state index in [1.54, 1.807) is 30.3 Å². The lowest BCUT2D eigenvalue weighted by atomic mass is 10.2. The number of hydrogen-bond donors (Lipinski definition) is 2. The maximum Gasteiger partial charge on any atom is 0.330 e. The highest BCUT2D eigenvalue weighted by molar-refractivity contribution is 5.94. The number of benzene rings is 1. The minimum atomic E-state index is -0.548. The summed E-state index contributed by atoms with van der Waals surface area (Å²) in [6.07, 6.45) is 3.67. The Kier molecular flexibility index (Phi) is 6.67. The van der Waals surface area contributed by atoms with Gasteiger partial charge in [-0.05, 0) is 30.7 Å². The Morgan fingerprint density at radius 3 is 2.19 bits per heavy atom. The number of carbonyl (C=O) groups is 3. The highest BCUT2D eigenvalue weighted by Gasteiger charge is 2.05. The van der Waals surface area contributed by atoms with Gasteiger partial charge in [-0.2, -0.15) is 0 Å². The standard InChI is InChI=1S/C15H18N2O4/c1-3-4-5-15(20)21-10-14(19)17-13-8-6-12(7-9-13)16-11(2)18/h4-9H,3,10H2,1-2H3,(H,16,18)(H,17,19)/b5-4+. The van der Waals surface area contributed by atoms with Crippen LogP contribution >= 0.6 is 0 Å². The van der Waals surface area contributed by atoms with E-state index in [1.807, 2.05) is 6.92 Å². The van der Waals surface area contributed by atoms with Crippen LogP contribution in [0.15, 0.2) is 36.4 Å². The van der Waals surface area contributed by atoms with Crippen LogP contribution in [0, 0.1) is 0 Å². The second kappa shape index (κ2) is 8.52. The molecule has 0 spiro atoms. The van der Waals surface area contributed by atoms with E-state index in [-0.39, 0.29) is 12.5 Å². The molecular formula is C15H18N2O4. The second-order valence-corrected chi connectivity index (χ2v) is 4.23. The number of nitrogens with one attached hydrogen (secondary N) is 2. The molecule has 6 nitrogen and oxygen atoms in total. The summed E-state index contributed by atoms with van der Waals surface area (Å²) in [5.74, 6) is -1.15. The number of carbonyl (C=O) groups excluding carboxylic acids is 3. The summed E-state index contributed by atoms with van der Waals surface area (Å²) >= 11 is 0. The van der Waals surface area contributed by atoms with Crippen molar-refractivity contribution in [2.75, 3.05) is 17.2 Å².